The van der Waals surface area contributed by atoms with Crippen LogP contribution < -0.4 is 9.47 Å². The van der Waals surface area contributed by atoms with E-state index >= 15 is 0 Å². The van der Waals surface area contributed by atoms with Crippen LogP contribution in [0.2, 0.25) is 5.02 Å². The second-order valence-electron chi connectivity index (χ2n) is 8.92. The van der Waals surface area contributed by atoms with Gasteiger partial charge < -0.3 is 14.2 Å². The minimum absolute atomic E-state index is 0.00786. The smallest absolute Gasteiger partial charge is 0.315 e. The molecule has 0 amide bonds. The van der Waals surface area contributed by atoms with E-state index in [1.54, 1.807) is 26.4 Å². The van der Waals surface area contributed by atoms with Crippen molar-refractivity contribution in [3.05, 3.63) is 69.9 Å². The minimum Gasteiger partial charge on any atom is -0.497 e. The molecule has 0 spiro atoms. The zero-order valence-corrected chi connectivity index (χ0v) is 21.2. The Labute approximate surface area is 210 Å². The highest BCUT2D eigenvalue weighted by Crippen LogP contribution is 2.49. The fourth-order valence-corrected chi connectivity index (χ4v) is 5.17. The van der Waals surface area contributed by atoms with Crippen LogP contribution in [0.25, 0.3) is 0 Å². The molecule has 3 atom stereocenters. The molecule has 0 saturated heterocycles. The summed E-state index contributed by atoms with van der Waals surface area (Å²) in [4.78, 5) is 31.8. The highest BCUT2D eigenvalue weighted by molar-refractivity contribution is 6.30. The van der Waals surface area contributed by atoms with E-state index in [0.717, 1.165) is 5.56 Å². The molecule has 4 rings (SSSR count). The number of ether oxygens (including phenoxy) is 3. The first-order valence-corrected chi connectivity index (χ1v) is 12.2. The van der Waals surface area contributed by atoms with Gasteiger partial charge in [0.25, 0.3) is 0 Å². The Morgan fingerprint density at radius 2 is 1.83 bits per heavy atom. The molecule has 2 aromatic carbocycles. The lowest BCUT2D eigenvalue weighted by Crippen LogP contribution is -2.38. The van der Waals surface area contributed by atoms with E-state index < -0.39 is 11.8 Å². The van der Waals surface area contributed by atoms with Gasteiger partial charge in [0, 0.05) is 39.9 Å². The number of ketones is 1. The van der Waals surface area contributed by atoms with E-state index in [0.29, 0.717) is 64.9 Å². The Morgan fingerprint density at radius 3 is 2.49 bits per heavy atom. The molecule has 2 aromatic rings. The number of esters is 1. The zero-order valence-electron chi connectivity index (χ0n) is 20.5. The summed E-state index contributed by atoms with van der Waals surface area (Å²) >= 11 is 6.07. The van der Waals surface area contributed by atoms with Crippen LogP contribution in [-0.2, 0) is 14.3 Å². The highest BCUT2D eigenvalue weighted by atomic mass is 35.5. The number of rotatable bonds is 7. The Hall–Kier alpha value is -3.12. The van der Waals surface area contributed by atoms with Crippen LogP contribution in [0.5, 0.6) is 11.5 Å². The van der Waals surface area contributed by atoms with Crippen molar-refractivity contribution in [1.29, 1.82) is 0 Å². The standard InChI is InChI=1S/C28H30ClNO5/c1-5-12-35-28(32)25-16(2)30-22-13-18(17-6-8-19(29)9-7-17)14-23(31)27(22)26(25)21-15-20(33-3)10-11-24(21)34-4/h6-11,15,18,25-26H,5,12-14H2,1-4H3/t18-,25?,26+/m0/s1. The average molecular weight is 496 g/mol. The molecule has 6 nitrogen and oxygen atoms in total. The van der Waals surface area contributed by atoms with Gasteiger partial charge in [-0.1, -0.05) is 30.7 Å². The van der Waals surface area contributed by atoms with Gasteiger partial charge in [0.1, 0.15) is 17.4 Å². The normalized spacial score (nSPS) is 21.8. The van der Waals surface area contributed by atoms with E-state index in [1.165, 1.54) is 0 Å². The zero-order chi connectivity index (χ0) is 25.1. The van der Waals surface area contributed by atoms with Crippen LogP contribution in [0, 0.1) is 5.92 Å². The Kier molecular flexibility index (Phi) is 7.60. The molecule has 0 N–H and O–H groups in total. The van der Waals surface area contributed by atoms with Gasteiger partial charge in [-0.15, -0.1) is 0 Å². The largest absolute Gasteiger partial charge is 0.497 e. The Morgan fingerprint density at radius 1 is 1.09 bits per heavy atom. The van der Waals surface area contributed by atoms with Crippen LogP contribution in [-0.4, -0.2) is 38.3 Å². The van der Waals surface area contributed by atoms with Crippen molar-refractivity contribution < 1.29 is 23.8 Å². The van der Waals surface area contributed by atoms with Gasteiger partial charge in [0.05, 0.1) is 20.8 Å². The van der Waals surface area contributed by atoms with Crippen molar-refractivity contribution in [3.8, 4) is 11.5 Å². The molecule has 1 aliphatic heterocycles. The van der Waals surface area contributed by atoms with Crippen LogP contribution in [0.3, 0.4) is 0 Å². The lowest BCUT2D eigenvalue weighted by atomic mass is 9.69. The maximum Gasteiger partial charge on any atom is 0.315 e. The van der Waals surface area contributed by atoms with Gasteiger partial charge in [-0.2, -0.15) is 0 Å². The molecule has 2 aliphatic rings. The summed E-state index contributed by atoms with van der Waals surface area (Å²) in [6.45, 7) is 4.08. The van der Waals surface area contributed by atoms with Crippen molar-refractivity contribution in [2.45, 2.75) is 44.9 Å². The van der Waals surface area contributed by atoms with E-state index in [4.69, 9.17) is 30.8 Å². The predicted molar refractivity (Wildman–Crippen MR) is 136 cm³/mol. The maximum absolute atomic E-state index is 13.7. The van der Waals surface area contributed by atoms with Gasteiger partial charge in [0.2, 0.25) is 0 Å². The molecule has 0 saturated carbocycles. The van der Waals surface area contributed by atoms with Gasteiger partial charge in [-0.05, 0) is 61.6 Å². The number of Topliss-reactive ketones (excluding diaryl/α,β-unsaturated/α-hetero) is 1. The number of hydrogen-bond acceptors (Lipinski definition) is 6. The number of allylic oxidation sites excluding steroid dienone is 2. The third kappa shape index (κ3) is 4.98. The van der Waals surface area contributed by atoms with Crippen molar-refractivity contribution >= 4 is 29.1 Å². The molecular weight excluding hydrogens is 466 g/mol. The number of methoxy groups -OCH3 is 2. The first-order chi connectivity index (χ1) is 16.9. The van der Waals surface area contributed by atoms with E-state index in [9.17, 15) is 9.59 Å². The van der Waals surface area contributed by atoms with Crippen LogP contribution >= 0.6 is 11.6 Å². The molecule has 0 bridgehead atoms. The molecule has 0 aromatic heterocycles. The third-order valence-corrected chi connectivity index (χ3v) is 6.96. The summed E-state index contributed by atoms with van der Waals surface area (Å²) in [5.74, 6) is -0.517. The van der Waals surface area contributed by atoms with Crippen molar-refractivity contribution in [1.82, 2.24) is 0 Å². The molecule has 184 valence electrons. The van der Waals surface area contributed by atoms with Crippen molar-refractivity contribution in [3.63, 3.8) is 0 Å². The summed E-state index contributed by atoms with van der Waals surface area (Å²) in [5, 5.41) is 0.654. The molecule has 35 heavy (non-hydrogen) atoms. The average Bonchev–Trinajstić information content (AvgIpc) is 2.86. The van der Waals surface area contributed by atoms with Gasteiger partial charge in [-0.3, -0.25) is 14.6 Å². The summed E-state index contributed by atoms with van der Waals surface area (Å²) in [6, 6.07) is 13.0. The fourth-order valence-electron chi connectivity index (χ4n) is 5.05. The third-order valence-electron chi connectivity index (χ3n) is 6.70. The number of aliphatic imine (C=N–C) groups is 1. The Bertz CT molecular complexity index is 1180. The van der Waals surface area contributed by atoms with Crippen molar-refractivity contribution in [2.75, 3.05) is 20.8 Å². The Balaban J connectivity index is 1.84. The summed E-state index contributed by atoms with van der Waals surface area (Å²) in [7, 11) is 3.16. The summed E-state index contributed by atoms with van der Waals surface area (Å²) < 4.78 is 16.7. The summed E-state index contributed by atoms with van der Waals surface area (Å²) in [5.41, 5.74) is 3.66. The van der Waals surface area contributed by atoms with Gasteiger partial charge in [-0.25, -0.2) is 0 Å². The molecule has 1 heterocycles. The van der Waals surface area contributed by atoms with E-state index in [-0.39, 0.29) is 17.7 Å². The highest BCUT2D eigenvalue weighted by Gasteiger charge is 2.45. The molecule has 0 fully saturated rings. The van der Waals surface area contributed by atoms with Gasteiger partial charge >= 0.3 is 5.97 Å². The molecular formula is C28H30ClNO5. The SMILES string of the molecule is CCCOC(=O)C1C(C)=NC2=C(C(=O)C[C@@H](c3ccc(Cl)cc3)C2)[C@@H]1c1cc(OC)ccc1OC. The monoisotopic (exact) mass is 495 g/mol. The number of halogens is 1. The molecule has 1 unspecified atom stereocenters. The second-order valence-corrected chi connectivity index (χ2v) is 9.36. The second kappa shape index (κ2) is 10.6. The number of hydrogen-bond donors (Lipinski definition) is 0. The topological polar surface area (TPSA) is 74.2 Å². The van der Waals surface area contributed by atoms with E-state index in [2.05, 4.69) is 0 Å². The molecule has 0 radical (unpaired) electrons. The quantitative estimate of drug-likeness (QED) is 0.448. The summed E-state index contributed by atoms with van der Waals surface area (Å²) in [6.07, 6.45) is 1.63. The number of carbonyl (C=O) groups excluding carboxylic acids is 2. The fraction of sp³-hybridized carbons (Fsp3) is 0.393. The van der Waals surface area contributed by atoms with Crippen molar-refractivity contribution in [2.24, 2.45) is 10.9 Å². The van der Waals surface area contributed by atoms with Crippen LogP contribution in [0.4, 0.5) is 0 Å². The number of carbonyl (C=O) groups is 2. The van der Waals surface area contributed by atoms with Crippen LogP contribution in [0.1, 0.15) is 56.1 Å². The lowest BCUT2D eigenvalue weighted by molar-refractivity contribution is -0.146. The number of nitrogens with zero attached hydrogens (tertiary/aromatic N) is 1. The molecule has 1 aliphatic carbocycles. The van der Waals surface area contributed by atoms with Gasteiger partial charge in [0.15, 0.2) is 5.78 Å². The maximum atomic E-state index is 13.7. The van der Waals surface area contributed by atoms with Crippen LogP contribution in [0.15, 0.2) is 58.7 Å². The minimum atomic E-state index is -0.725. The van der Waals surface area contributed by atoms with E-state index in [1.807, 2.05) is 44.2 Å². The predicted octanol–water partition coefficient (Wildman–Crippen LogP) is 5.89. The molecule has 7 heteroatoms. The number of benzene rings is 2. The lowest BCUT2D eigenvalue weighted by Gasteiger charge is -2.37. The first kappa shape index (κ1) is 25.0. The first-order valence-electron chi connectivity index (χ1n) is 11.8.